The number of hydrogen-bond donors (Lipinski definition) is 2. The van der Waals surface area contributed by atoms with Gasteiger partial charge in [-0.1, -0.05) is 35.0 Å². The van der Waals surface area contributed by atoms with Crippen LogP contribution >= 0.6 is 11.6 Å². The zero-order chi connectivity index (χ0) is 13.0. The summed E-state index contributed by atoms with van der Waals surface area (Å²) in [6, 6.07) is 14.3. The first kappa shape index (κ1) is 12.3. The molecule has 0 bridgehead atoms. The second-order valence-electron chi connectivity index (χ2n) is 3.54. The first-order valence-corrected chi connectivity index (χ1v) is 5.59. The van der Waals surface area contributed by atoms with E-state index in [2.05, 4.69) is 5.16 Å². The molecule has 2 aromatic rings. The quantitative estimate of drug-likeness (QED) is 0.386. The van der Waals surface area contributed by atoms with Crippen LogP contribution in [0.5, 0.6) is 11.5 Å². The Kier molecular flexibility index (Phi) is 3.69. The SMILES string of the molecule is NC(=NO)c1ccc(Oc2ccccc2)cc1Cl. The summed E-state index contributed by atoms with van der Waals surface area (Å²) < 4.78 is 5.60. The summed E-state index contributed by atoms with van der Waals surface area (Å²) in [7, 11) is 0. The normalized spacial score (nSPS) is 11.3. The van der Waals surface area contributed by atoms with Crippen LogP contribution in [-0.2, 0) is 0 Å². The Morgan fingerprint density at radius 2 is 1.83 bits per heavy atom. The fraction of sp³-hybridized carbons (Fsp3) is 0. The molecule has 0 aromatic heterocycles. The fourth-order valence-electron chi connectivity index (χ4n) is 1.45. The van der Waals surface area contributed by atoms with Gasteiger partial charge in [-0.3, -0.25) is 0 Å². The first-order valence-electron chi connectivity index (χ1n) is 5.21. The van der Waals surface area contributed by atoms with Gasteiger partial charge in [-0.15, -0.1) is 0 Å². The van der Waals surface area contributed by atoms with Crippen molar-refractivity contribution >= 4 is 17.4 Å². The molecule has 0 radical (unpaired) electrons. The van der Waals surface area contributed by atoms with Crippen molar-refractivity contribution in [2.24, 2.45) is 10.9 Å². The summed E-state index contributed by atoms with van der Waals surface area (Å²) in [6.45, 7) is 0. The number of rotatable bonds is 3. The first-order chi connectivity index (χ1) is 8.70. The van der Waals surface area contributed by atoms with Gasteiger partial charge >= 0.3 is 0 Å². The number of hydrogen-bond acceptors (Lipinski definition) is 3. The highest BCUT2D eigenvalue weighted by Gasteiger charge is 2.07. The highest BCUT2D eigenvalue weighted by atomic mass is 35.5. The van der Waals surface area contributed by atoms with Gasteiger partial charge in [-0.2, -0.15) is 0 Å². The van der Waals surface area contributed by atoms with E-state index in [9.17, 15) is 0 Å². The molecule has 2 rings (SSSR count). The molecule has 0 saturated heterocycles. The Balaban J connectivity index is 2.25. The highest BCUT2D eigenvalue weighted by Crippen LogP contribution is 2.26. The molecule has 0 fully saturated rings. The van der Waals surface area contributed by atoms with Gasteiger partial charge in [0.15, 0.2) is 5.84 Å². The maximum Gasteiger partial charge on any atom is 0.171 e. The molecule has 0 spiro atoms. The van der Waals surface area contributed by atoms with E-state index >= 15 is 0 Å². The van der Waals surface area contributed by atoms with E-state index in [1.54, 1.807) is 18.2 Å². The van der Waals surface area contributed by atoms with Crippen molar-refractivity contribution in [3.8, 4) is 11.5 Å². The lowest BCUT2D eigenvalue weighted by Gasteiger charge is -2.07. The average Bonchev–Trinajstić information content (AvgIpc) is 2.39. The average molecular weight is 263 g/mol. The summed E-state index contributed by atoms with van der Waals surface area (Å²) in [5.74, 6) is 1.26. The zero-order valence-electron chi connectivity index (χ0n) is 9.38. The number of benzene rings is 2. The van der Waals surface area contributed by atoms with Crippen LogP contribution in [0.4, 0.5) is 0 Å². The van der Waals surface area contributed by atoms with Gasteiger partial charge in [0, 0.05) is 11.6 Å². The highest BCUT2D eigenvalue weighted by molar-refractivity contribution is 6.34. The number of oxime groups is 1. The number of nitrogens with zero attached hydrogens (tertiary/aromatic N) is 1. The number of nitrogens with two attached hydrogens (primary N) is 1. The van der Waals surface area contributed by atoms with E-state index in [1.807, 2.05) is 30.3 Å². The molecule has 3 N–H and O–H groups in total. The predicted octanol–water partition coefficient (Wildman–Crippen LogP) is 3.23. The predicted molar refractivity (Wildman–Crippen MR) is 70.5 cm³/mol. The molecule has 0 atom stereocenters. The second kappa shape index (κ2) is 5.42. The Hall–Kier alpha value is -2.20. The summed E-state index contributed by atoms with van der Waals surface area (Å²) in [5, 5.41) is 11.9. The van der Waals surface area contributed by atoms with Crippen molar-refractivity contribution in [2.45, 2.75) is 0 Å². The Morgan fingerprint density at radius 3 is 2.44 bits per heavy atom. The smallest absolute Gasteiger partial charge is 0.171 e. The van der Waals surface area contributed by atoms with Crippen molar-refractivity contribution < 1.29 is 9.94 Å². The maximum absolute atomic E-state index is 8.59. The largest absolute Gasteiger partial charge is 0.457 e. The van der Waals surface area contributed by atoms with Gasteiger partial charge in [-0.25, -0.2) is 0 Å². The van der Waals surface area contributed by atoms with Crippen LogP contribution in [0, 0.1) is 0 Å². The molecule has 2 aromatic carbocycles. The third kappa shape index (κ3) is 2.73. The second-order valence-corrected chi connectivity index (χ2v) is 3.95. The van der Waals surface area contributed by atoms with Crippen LogP contribution in [0.25, 0.3) is 0 Å². The van der Waals surface area contributed by atoms with E-state index in [-0.39, 0.29) is 5.84 Å². The fourth-order valence-corrected chi connectivity index (χ4v) is 1.71. The van der Waals surface area contributed by atoms with Gasteiger partial charge in [-0.05, 0) is 24.3 Å². The third-order valence-corrected chi connectivity index (χ3v) is 2.62. The number of para-hydroxylation sites is 1. The molecule has 0 amide bonds. The molecule has 4 nitrogen and oxygen atoms in total. The molecule has 0 aliphatic rings. The lowest BCUT2D eigenvalue weighted by atomic mass is 10.2. The van der Waals surface area contributed by atoms with E-state index in [0.717, 1.165) is 0 Å². The van der Waals surface area contributed by atoms with Crippen LogP contribution in [0.3, 0.4) is 0 Å². The lowest BCUT2D eigenvalue weighted by molar-refractivity contribution is 0.318. The van der Waals surface area contributed by atoms with Crippen LogP contribution in [0.2, 0.25) is 5.02 Å². The van der Waals surface area contributed by atoms with Gasteiger partial charge in [0.05, 0.1) is 5.02 Å². The molecule has 0 unspecified atom stereocenters. The van der Waals surface area contributed by atoms with E-state index in [1.165, 1.54) is 0 Å². The van der Waals surface area contributed by atoms with Gasteiger partial charge in [0.25, 0.3) is 0 Å². The molecule has 0 aliphatic heterocycles. The molecular formula is C13H11ClN2O2. The molecule has 5 heteroatoms. The van der Waals surface area contributed by atoms with Crippen molar-refractivity contribution in [1.29, 1.82) is 0 Å². The van der Waals surface area contributed by atoms with Crippen LogP contribution < -0.4 is 10.5 Å². The van der Waals surface area contributed by atoms with Crippen molar-refractivity contribution in [1.82, 2.24) is 0 Å². The zero-order valence-corrected chi connectivity index (χ0v) is 10.1. The minimum Gasteiger partial charge on any atom is -0.457 e. The monoisotopic (exact) mass is 262 g/mol. The Labute approximate surface area is 109 Å². The molecule has 0 heterocycles. The van der Waals surface area contributed by atoms with Crippen LogP contribution in [0.1, 0.15) is 5.56 Å². The molecule has 0 aliphatic carbocycles. The van der Waals surface area contributed by atoms with Crippen LogP contribution in [-0.4, -0.2) is 11.0 Å². The standard InChI is InChI=1S/C13H11ClN2O2/c14-12-8-10(6-7-11(12)13(15)16-17)18-9-4-2-1-3-5-9/h1-8,17H,(H2,15,16). The number of halogens is 1. The number of ether oxygens (including phenoxy) is 1. The van der Waals surface area contributed by atoms with Crippen molar-refractivity contribution in [3.63, 3.8) is 0 Å². The summed E-state index contributed by atoms with van der Waals surface area (Å²) in [6.07, 6.45) is 0. The van der Waals surface area contributed by atoms with E-state index in [0.29, 0.717) is 22.1 Å². The minimum atomic E-state index is -0.0359. The summed E-state index contributed by atoms with van der Waals surface area (Å²) in [5.41, 5.74) is 5.93. The van der Waals surface area contributed by atoms with Crippen molar-refractivity contribution in [2.75, 3.05) is 0 Å². The van der Waals surface area contributed by atoms with E-state index in [4.69, 9.17) is 27.3 Å². The topological polar surface area (TPSA) is 67.8 Å². The minimum absolute atomic E-state index is 0.0359. The Morgan fingerprint density at radius 1 is 1.11 bits per heavy atom. The molecule has 0 saturated carbocycles. The lowest BCUT2D eigenvalue weighted by Crippen LogP contribution is -2.13. The number of amidine groups is 1. The maximum atomic E-state index is 8.59. The summed E-state index contributed by atoms with van der Waals surface area (Å²) >= 11 is 6.02. The van der Waals surface area contributed by atoms with Crippen molar-refractivity contribution in [3.05, 3.63) is 59.1 Å². The van der Waals surface area contributed by atoms with Gasteiger partial charge < -0.3 is 15.7 Å². The summed E-state index contributed by atoms with van der Waals surface area (Å²) in [4.78, 5) is 0. The molecule has 92 valence electrons. The molecular weight excluding hydrogens is 252 g/mol. The Bertz CT molecular complexity index is 570. The third-order valence-electron chi connectivity index (χ3n) is 2.30. The van der Waals surface area contributed by atoms with Crippen LogP contribution in [0.15, 0.2) is 53.7 Å². The van der Waals surface area contributed by atoms with E-state index < -0.39 is 0 Å². The van der Waals surface area contributed by atoms with Gasteiger partial charge in [0.2, 0.25) is 0 Å². The van der Waals surface area contributed by atoms with Gasteiger partial charge in [0.1, 0.15) is 11.5 Å². The molecule has 18 heavy (non-hydrogen) atoms.